The van der Waals surface area contributed by atoms with Gasteiger partial charge in [-0.25, -0.2) is 0 Å². The number of ether oxygens (including phenoxy) is 3. The number of carbonyl (C=O) groups excluding carboxylic acids is 1. The number of carbonyl (C=O) groups is 1. The van der Waals surface area contributed by atoms with Crippen molar-refractivity contribution in [3.05, 3.63) is 78.3 Å². The van der Waals surface area contributed by atoms with Crippen LogP contribution in [0.5, 0.6) is 0 Å². The van der Waals surface area contributed by atoms with Crippen molar-refractivity contribution in [3.8, 4) is 0 Å². The number of hydrogen-bond donors (Lipinski definition) is 1. The molecule has 2 aromatic rings. The highest BCUT2D eigenvalue weighted by atomic mass is 16.6. The third kappa shape index (κ3) is 5.91. The summed E-state index contributed by atoms with van der Waals surface area (Å²) in [4.78, 5) is 13.4. The van der Waals surface area contributed by atoms with E-state index in [1.54, 1.807) is 0 Å². The van der Waals surface area contributed by atoms with Crippen LogP contribution in [-0.2, 0) is 19.0 Å². The topological polar surface area (TPSA) is 49.2 Å². The lowest BCUT2D eigenvalue weighted by Gasteiger charge is -2.38. The average molecular weight is 410 g/mol. The Hall–Kier alpha value is -2.21. The molecule has 5 nitrogen and oxygen atoms in total. The summed E-state index contributed by atoms with van der Waals surface area (Å²) in [7, 11) is 0. The van der Waals surface area contributed by atoms with Crippen molar-refractivity contribution in [2.45, 2.75) is 44.0 Å². The number of nitrogens with one attached hydrogen (secondary N) is 1. The van der Waals surface area contributed by atoms with Crippen LogP contribution in [0.1, 0.15) is 42.9 Å². The van der Waals surface area contributed by atoms with Crippen molar-refractivity contribution < 1.29 is 23.9 Å². The Kier molecular flexibility index (Phi) is 7.51. The van der Waals surface area contributed by atoms with Gasteiger partial charge in [0.2, 0.25) is 0 Å². The van der Waals surface area contributed by atoms with Crippen molar-refractivity contribution in [1.82, 2.24) is 0 Å². The number of rotatable bonds is 8. The zero-order chi connectivity index (χ0) is 20.6. The standard InChI is InChI=1S/C25H31NO4/c27-24(29-23-14-18-28-19-23)13-17-26-15-11-22(12-16-26)30-25(20-7-3-1-4-8-20)21-9-5-2-6-10-21/h1-10,15,22-23,25-26H,11-14,16-19H2. The summed E-state index contributed by atoms with van der Waals surface area (Å²) < 4.78 is 17.3. The zero-order valence-corrected chi connectivity index (χ0v) is 17.4. The minimum absolute atomic E-state index is 0.0523. The molecule has 2 fully saturated rings. The molecule has 3 unspecified atom stereocenters. The van der Waals surface area contributed by atoms with E-state index in [2.05, 4.69) is 55.1 Å². The number of quaternary nitrogens is 1. The summed E-state index contributed by atoms with van der Waals surface area (Å²) >= 11 is 0. The third-order valence-corrected chi connectivity index (χ3v) is 5.83. The molecule has 3 atom stereocenters. The van der Waals surface area contributed by atoms with Gasteiger partial charge in [0.05, 0.1) is 32.7 Å². The highest BCUT2D eigenvalue weighted by Gasteiger charge is 2.24. The summed E-state index contributed by atoms with van der Waals surface area (Å²) in [5.74, 6) is -0.113. The number of likely N-dealkylation sites (tertiary alicyclic amines) is 1. The van der Waals surface area contributed by atoms with Crippen LogP contribution in [0.15, 0.2) is 60.7 Å². The molecule has 2 aliphatic heterocycles. The molecule has 0 spiro atoms. The van der Waals surface area contributed by atoms with Gasteiger partial charge in [-0.3, -0.25) is 4.79 Å². The minimum atomic E-state index is -0.113. The lowest BCUT2D eigenvalue weighted by Crippen LogP contribution is -3.10. The second-order valence-corrected chi connectivity index (χ2v) is 8.07. The number of esters is 1. The van der Waals surface area contributed by atoms with E-state index in [9.17, 15) is 4.79 Å². The fraction of sp³-hybridized carbons (Fsp3) is 0.440. The van der Waals surface area contributed by atoms with Crippen LogP contribution in [0.25, 0.3) is 0 Å². The van der Waals surface area contributed by atoms with E-state index in [-0.39, 0.29) is 24.3 Å². The van der Waals surface area contributed by atoms with Crippen molar-refractivity contribution in [1.29, 1.82) is 0 Å². The number of piperidine rings is 1. The summed E-state index contributed by atoms with van der Waals surface area (Å²) in [5.41, 5.74) is 2.36. The number of benzene rings is 2. The predicted molar refractivity (Wildman–Crippen MR) is 114 cm³/mol. The van der Waals surface area contributed by atoms with Gasteiger partial charge in [0.15, 0.2) is 0 Å². The monoisotopic (exact) mass is 409 g/mol. The van der Waals surface area contributed by atoms with Gasteiger partial charge in [-0.15, -0.1) is 13.0 Å². The first-order valence-electron chi connectivity index (χ1n) is 11.0. The molecule has 0 amide bonds. The first-order chi connectivity index (χ1) is 14.8. The third-order valence-electron chi connectivity index (χ3n) is 5.83. The van der Waals surface area contributed by atoms with E-state index in [0.29, 0.717) is 19.6 Å². The first kappa shape index (κ1) is 21.0. The predicted octanol–water partition coefficient (Wildman–Crippen LogP) is 2.72. The Morgan fingerprint density at radius 3 is 2.30 bits per heavy atom. The van der Waals surface area contributed by atoms with Gasteiger partial charge < -0.3 is 19.1 Å². The fourth-order valence-electron chi connectivity index (χ4n) is 4.13. The molecule has 0 aliphatic carbocycles. The van der Waals surface area contributed by atoms with E-state index >= 15 is 0 Å². The van der Waals surface area contributed by atoms with Crippen molar-refractivity contribution in [2.75, 3.05) is 26.3 Å². The molecule has 4 rings (SSSR count). The Balaban J connectivity index is 1.26. The van der Waals surface area contributed by atoms with Gasteiger partial charge in [0, 0.05) is 18.9 Å². The molecule has 5 heteroatoms. The van der Waals surface area contributed by atoms with E-state index in [1.807, 2.05) is 12.1 Å². The summed E-state index contributed by atoms with van der Waals surface area (Å²) in [6, 6.07) is 20.8. The smallest absolute Gasteiger partial charge is 0.311 e. The van der Waals surface area contributed by atoms with Crippen LogP contribution in [0.2, 0.25) is 0 Å². The summed E-state index contributed by atoms with van der Waals surface area (Å²) in [5, 5.41) is 0. The first-order valence-corrected chi connectivity index (χ1v) is 11.0. The number of hydrogen-bond acceptors (Lipinski definition) is 4. The van der Waals surface area contributed by atoms with Gasteiger partial charge in [0.1, 0.15) is 12.2 Å². The second-order valence-electron chi connectivity index (χ2n) is 8.07. The molecule has 2 saturated heterocycles. The minimum Gasteiger partial charge on any atom is -0.465 e. The Morgan fingerprint density at radius 2 is 1.73 bits per heavy atom. The largest absolute Gasteiger partial charge is 0.465 e. The van der Waals surface area contributed by atoms with Gasteiger partial charge >= 0.3 is 5.97 Å². The molecule has 0 bridgehead atoms. The molecular formula is C25H31NO4. The lowest BCUT2D eigenvalue weighted by atomic mass is 10.00. The van der Waals surface area contributed by atoms with E-state index in [4.69, 9.17) is 14.2 Å². The van der Waals surface area contributed by atoms with Crippen LogP contribution >= 0.6 is 0 Å². The van der Waals surface area contributed by atoms with Crippen LogP contribution < -0.4 is 4.90 Å². The molecule has 0 aromatic heterocycles. The second kappa shape index (κ2) is 10.7. The molecule has 30 heavy (non-hydrogen) atoms. The van der Waals surface area contributed by atoms with Gasteiger partial charge in [0.25, 0.3) is 0 Å². The van der Waals surface area contributed by atoms with E-state index in [0.717, 1.165) is 32.4 Å². The Labute approximate surface area is 178 Å². The maximum absolute atomic E-state index is 12.0. The van der Waals surface area contributed by atoms with Crippen LogP contribution in [0.3, 0.4) is 0 Å². The Bertz CT molecular complexity index is 729. The van der Waals surface area contributed by atoms with Gasteiger partial charge in [-0.1, -0.05) is 60.7 Å². The molecule has 0 saturated carbocycles. The van der Waals surface area contributed by atoms with E-state index < -0.39 is 0 Å². The lowest BCUT2D eigenvalue weighted by molar-refractivity contribution is -0.875. The van der Waals surface area contributed by atoms with Crippen molar-refractivity contribution in [2.24, 2.45) is 0 Å². The molecule has 160 valence electrons. The molecule has 0 radical (unpaired) electrons. The summed E-state index contributed by atoms with van der Waals surface area (Å²) in [6.07, 6.45) is 3.20. The SMILES string of the molecule is O=C(CC[NH+]1[CH-]CC(OC(c2ccccc2)c2ccccc2)CC1)OC1CCOC1. The summed E-state index contributed by atoms with van der Waals surface area (Å²) in [6.45, 7) is 5.24. The normalized spacial score (nSPS) is 24.1. The van der Waals surface area contributed by atoms with Crippen LogP contribution in [-0.4, -0.2) is 44.5 Å². The molecule has 2 aliphatic rings. The average Bonchev–Trinajstić information content (AvgIpc) is 3.31. The Morgan fingerprint density at radius 1 is 1.03 bits per heavy atom. The highest BCUT2D eigenvalue weighted by Crippen LogP contribution is 2.29. The van der Waals surface area contributed by atoms with Crippen molar-refractivity contribution in [3.63, 3.8) is 0 Å². The maximum Gasteiger partial charge on any atom is 0.311 e. The highest BCUT2D eigenvalue weighted by molar-refractivity contribution is 5.69. The van der Waals surface area contributed by atoms with E-state index in [1.165, 1.54) is 16.0 Å². The van der Waals surface area contributed by atoms with Crippen molar-refractivity contribution >= 4 is 5.97 Å². The molecular weight excluding hydrogens is 378 g/mol. The quantitative estimate of drug-likeness (QED) is 0.538. The molecule has 2 aromatic carbocycles. The fourth-order valence-corrected chi connectivity index (χ4v) is 4.13. The zero-order valence-electron chi connectivity index (χ0n) is 17.4. The van der Waals surface area contributed by atoms with Crippen LogP contribution in [0.4, 0.5) is 0 Å². The maximum atomic E-state index is 12.0. The molecule has 2 heterocycles. The van der Waals surface area contributed by atoms with Crippen LogP contribution in [0, 0.1) is 6.54 Å². The molecule has 1 N–H and O–H groups in total. The van der Waals surface area contributed by atoms with Gasteiger partial charge in [-0.05, 0) is 11.1 Å². The van der Waals surface area contributed by atoms with Gasteiger partial charge in [-0.2, -0.15) is 0 Å².